The first-order chi connectivity index (χ1) is 10.2. The van der Waals surface area contributed by atoms with Gasteiger partial charge in [0.15, 0.2) is 0 Å². The monoisotopic (exact) mass is 310 g/mol. The lowest BCUT2D eigenvalue weighted by atomic mass is 9.69. The Labute approximate surface area is 133 Å². The van der Waals surface area contributed by atoms with Crippen LogP contribution in [0.5, 0.6) is 0 Å². The molecule has 0 aromatic rings. The van der Waals surface area contributed by atoms with Crippen molar-refractivity contribution in [2.24, 2.45) is 23.7 Å². The highest BCUT2D eigenvalue weighted by atomic mass is 16.6. The zero-order valence-corrected chi connectivity index (χ0v) is 14.6. The van der Waals surface area contributed by atoms with Gasteiger partial charge in [-0.05, 0) is 44.9 Å². The third-order valence-corrected chi connectivity index (χ3v) is 5.08. The van der Waals surface area contributed by atoms with Gasteiger partial charge in [-0.2, -0.15) is 0 Å². The zero-order valence-electron chi connectivity index (χ0n) is 14.6. The lowest BCUT2D eigenvalue weighted by molar-refractivity contribution is -0.161. The van der Waals surface area contributed by atoms with E-state index in [0.29, 0.717) is 12.3 Å². The molecule has 1 saturated heterocycles. The Balaban J connectivity index is 1.90. The lowest BCUT2D eigenvalue weighted by Crippen LogP contribution is -2.41. The van der Waals surface area contributed by atoms with Crippen LogP contribution in [0.3, 0.4) is 0 Å². The molecule has 2 aliphatic rings. The van der Waals surface area contributed by atoms with Crippen LogP contribution in [0.15, 0.2) is 0 Å². The number of fused-ring (bicyclic) bond motifs is 2. The van der Waals surface area contributed by atoms with Crippen LogP contribution < -0.4 is 0 Å². The van der Waals surface area contributed by atoms with Crippen LogP contribution in [0.1, 0.15) is 66.7 Å². The number of carbonyl (C=O) groups is 2. The molecule has 2 bridgehead atoms. The minimum atomic E-state index is -0.374. The molecule has 0 spiro atoms. The van der Waals surface area contributed by atoms with Gasteiger partial charge in [0.2, 0.25) is 0 Å². The van der Waals surface area contributed by atoms with Gasteiger partial charge in [-0.3, -0.25) is 9.59 Å². The summed E-state index contributed by atoms with van der Waals surface area (Å²) < 4.78 is 11.1. The SMILES string of the molecule is CC(C)CCC[C@H](C)OC(=O)[C@@H]1[C@H](C)C[C@@]2(C)C[C@@H]1C(=O)O2. The van der Waals surface area contributed by atoms with Crippen LogP contribution in [0.2, 0.25) is 0 Å². The second-order valence-corrected chi connectivity index (χ2v) is 7.96. The van der Waals surface area contributed by atoms with Gasteiger partial charge in [0.25, 0.3) is 0 Å². The molecule has 1 heterocycles. The topological polar surface area (TPSA) is 52.6 Å². The summed E-state index contributed by atoms with van der Waals surface area (Å²) in [4.78, 5) is 24.5. The van der Waals surface area contributed by atoms with Crippen LogP contribution in [0, 0.1) is 23.7 Å². The maximum atomic E-state index is 12.5. The Morgan fingerprint density at radius 1 is 1.32 bits per heavy atom. The maximum Gasteiger partial charge on any atom is 0.310 e. The molecular formula is C18H30O4. The fourth-order valence-corrected chi connectivity index (χ4v) is 4.06. The minimum Gasteiger partial charge on any atom is -0.462 e. The van der Waals surface area contributed by atoms with E-state index < -0.39 is 0 Å². The fourth-order valence-electron chi connectivity index (χ4n) is 4.06. The minimum absolute atomic E-state index is 0.0795. The molecule has 1 aliphatic heterocycles. The second-order valence-electron chi connectivity index (χ2n) is 7.96. The summed E-state index contributed by atoms with van der Waals surface area (Å²) in [6, 6.07) is 0. The van der Waals surface area contributed by atoms with E-state index in [1.807, 2.05) is 20.8 Å². The van der Waals surface area contributed by atoms with E-state index >= 15 is 0 Å². The predicted octanol–water partition coefficient (Wildman–Crippen LogP) is 3.72. The largest absolute Gasteiger partial charge is 0.462 e. The molecule has 126 valence electrons. The average molecular weight is 310 g/mol. The summed E-state index contributed by atoms with van der Waals surface area (Å²) in [5.74, 6) is -0.283. The fraction of sp³-hybridized carbons (Fsp3) is 0.889. The van der Waals surface area contributed by atoms with E-state index in [1.54, 1.807) is 0 Å². The van der Waals surface area contributed by atoms with Gasteiger partial charge < -0.3 is 9.47 Å². The Hall–Kier alpha value is -1.06. The molecule has 22 heavy (non-hydrogen) atoms. The molecule has 2 fully saturated rings. The smallest absolute Gasteiger partial charge is 0.310 e. The highest BCUT2D eigenvalue weighted by molar-refractivity contribution is 5.84. The number of rotatable bonds is 6. The molecule has 4 nitrogen and oxygen atoms in total. The molecule has 1 aliphatic carbocycles. The zero-order chi connectivity index (χ0) is 16.5. The second kappa shape index (κ2) is 6.59. The van der Waals surface area contributed by atoms with Crippen molar-refractivity contribution < 1.29 is 19.1 Å². The first kappa shape index (κ1) is 17.3. The summed E-state index contributed by atoms with van der Waals surface area (Å²) in [5.41, 5.74) is -0.374. The van der Waals surface area contributed by atoms with Crippen molar-refractivity contribution in [1.82, 2.24) is 0 Å². The van der Waals surface area contributed by atoms with Gasteiger partial charge >= 0.3 is 11.9 Å². The molecule has 0 N–H and O–H groups in total. The van der Waals surface area contributed by atoms with Gasteiger partial charge in [-0.1, -0.05) is 27.2 Å². The van der Waals surface area contributed by atoms with Gasteiger partial charge in [0.05, 0.1) is 17.9 Å². The van der Waals surface area contributed by atoms with Crippen LogP contribution in [-0.4, -0.2) is 23.6 Å². The molecule has 5 atom stereocenters. The van der Waals surface area contributed by atoms with Gasteiger partial charge in [-0.15, -0.1) is 0 Å². The van der Waals surface area contributed by atoms with Crippen molar-refractivity contribution in [2.45, 2.75) is 78.4 Å². The molecular weight excluding hydrogens is 280 g/mol. The number of hydrogen-bond acceptors (Lipinski definition) is 4. The van der Waals surface area contributed by atoms with Crippen LogP contribution in [0.25, 0.3) is 0 Å². The van der Waals surface area contributed by atoms with E-state index in [1.165, 1.54) is 0 Å². The summed E-state index contributed by atoms with van der Waals surface area (Å²) in [6.45, 7) is 10.3. The number of ether oxygens (including phenoxy) is 2. The van der Waals surface area contributed by atoms with Crippen molar-refractivity contribution in [3.05, 3.63) is 0 Å². The molecule has 4 heteroatoms. The van der Waals surface area contributed by atoms with E-state index in [4.69, 9.17) is 9.47 Å². The normalized spacial score (nSPS) is 35.4. The standard InChI is InChI=1S/C18H30O4/c1-11(2)7-6-8-13(4)21-17(20)15-12(3)9-18(5)10-14(15)16(19)22-18/h11-15H,6-10H2,1-5H3/t12-,13+,14+,15-,18+/m1/s1. The molecule has 0 aromatic carbocycles. The van der Waals surface area contributed by atoms with E-state index in [2.05, 4.69) is 13.8 Å². The van der Waals surface area contributed by atoms with E-state index in [0.717, 1.165) is 25.7 Å². The van der Waals surface area contributed by atoms with Crippen molar-refractivity contribution in [2.75, 3.05) is 0 Å². The predicted molar refractivity (Wildman–Crippen MR) is 84.1 cm³/mol. The summed E-state index contributed by atoms with van der Waals surface area (Å²) in [7, 11) is 0. The highest BCUT2D eigenvalue weighted by Gasteiger charge is 2.56. The van der Waals surface area contributed by atoms with Crippen molar-refractivity contribution >= 4 is 11.9 Å². The van der Waals surface area contributed by atoms with Gasteiger partial charge in [-0.25, -0.2) is 0 Å². The third-order valence-electron chi connectivity index (χ3n) is 5.08. The van der Waals surface area contributed by atoms with Crippen molar-refractivity contribution in [3.63, 3.8) is 0 Å². The molecule has 0 unspecified atom stereocenters. The van der Waals surface area contributed by atoms with Crippen molar-refractivity contribution in [3.8, 4) is 0 Å². The van der Waals surface area contributed by atoms with E-state index in [9.17, 15) is 9.59 Å². The van der Waals surface area contributed by atoms with Crippen LogP contribution in [0.4, 0.5) is 0 Å². The number of esters is 2. The molecule has 0 radical (unpaired) electrons. The number of carbonyl (C=O) groups excluding carboxylic acids is 2. The van der Waals surface area contributed by atoms with Crippen molar-refractivity contribution in [1.29, 1.82) is 0 Å². The Morgan fingerprint density at radius 2 is 2.00 bits per heavy atom. The van der Waals surface area contributed by atoms with E-state index in [-0.39, 0.29) is 41.4 Å². The van der Waals surface area contributed by atoms with Crippen LogP contribution in [-0.2, 0) is 19.1 Å². The van der Waals surface area contributed by atoms with Gasteiger partial charge in [0, 0.05) is 6.42 Å². The Kier molecular flexibility index (Phi) is 5.18. The Morgan fingerprint density at radius 3 is 2.64 bits per heavy atom. The lowest BCUT2D eigenvalue weighted by Gasteiger charge is -2.35. The molecule has 2 rings (SSSR count). The summed E-state index contributed by atoms with van der Waals surface area (Å²) in [6.07, 6.45) is 4.42. The highest BCUT2D eigenvalue weighted by Crippen LogP contribution is 2.48. The first-order valence-electron chi connectivity index (χ1n) is 8.65. The number of hydrogen-bond donors (Lipinski definition) is 0. The quantitative estimate of drug-likeness (QED) is 0.702. The molecule has 0 amide bonds. The first-order valence-corrected chi connectivity index (χ1v) is 8.65. The summed E-state index contributed by atoms with van der Waals surface area (Å²) in [5, 5.41) is 0. The molecule has 0 aromatic heterocycles. The Bertz CT molecular complexity index is 431. The average Bonchev–Trinajstić information content (AvgIpc) is 2.58. The third kappa shape index (κ3) is 3.82. The van der Waals surface area contributed by atoms with Gasteiger partial charge in [0.1, 0.15) is 5.60 Å². The summed E-state index contributed by atoms with van der Waals surface area (Å²) >= 11 is 0. The van der Waals surface area contributed by atoms with Crippen LogP contribution >= 0.6 is 0 Å². The maximum absolute atomic E-state index is 12.5. The molecule has 1 saturated carbocycles.